The first-order chi connectivity index (χ1) is 30.6. The summed E-state index contributed by atoms with van der Waals surface area (Å²) >= 11 is 0. The molecule has 1 unspecified atom stereocenters. The summed E-state index contributed by atoms with van der Waals surface area (Å²) < 4.78 is 35.3. The van der Waals surface area contributed by atoms with Crippen LogP contribution in [0.4, 0.5) is 0 Å². The average Bonchev–Trinajstić information content (AvgIpc) is 3.83. The van der Waals surface area contributed by atoms with Gasteiger partial charge in [-0.1, -0.05) is 154 Å². The maximum absolute atomic E-state index is 13.4. The molecule has 0 saturated carbocycles. The number of rotatable bonds is 48. The van der Waals surface area contributed by atoms with Crippen LogP contribution in [-0.4, -0.2) is 93.6 Å². The number of nitrogens with one attached hydrogen (secondary N) is 2. The van der Waals surface area contributed by atoms with Gasteiger partial charge in [-0.3, -0.25) is 4.79 Å². The quantitative estimate of drug-likeness (QED) is 0.0284. The lowest BCUT2D eigenvalue weighted by Crippen LogP contribution is -2.50. The second-order valence-electron chi connectivity index (χ2n) is 16.5. The fourth-order valence-corrected chi connectivity index (χ4v) is 7.09. The number of hydrogen-bond donors (Lipinski definition) is 2. The van der Waals surface area contributed by atoms with Crippen molar-refractivity contribution in [1.29, 1.82) is 0 Å². The molecule has 0 bridgehead atoms. The number of allylic oxidation sites excluding steroid dienone is 4. The SMILES string of the molecule is CCCCCCCC/C=C\CCCCCCCCOCC(OCCCCCCCC/C=C\CCCCCCCC)(OCCOCCOCCNC(=O)c1c[nH]cn1)C(=O)OCC. The van der Waals surface area contributed by atoms with E-state index in [0.717, 1.165) is 32.1 Å². The molecule has 11 nitrogen and oxygen atoms in total. The number of esters is 1. The summed E-state index contributed by atoms with van der Waals surface area (Å²) in [4.78, 5) is 32.1. The lowest BCUT2D eigenvalue weighted by atomic mass is 10.1. The molecule has 1 aromatic heterocycles. The van der Waals surface area contributed by atoms with Gasteiger partial charge in [-0.2, -0.15) is 0 Å². The van der Waals surface area contributed by atoms with Crippen molar-refractivity contribution in [3.8, 4) is 0 Å². The van der Waals surface area contributed by atoms with E-state index in [1.807, 2.05) is 0 Å². The Morgan fingerprint density at radius 1 is 0.548 bits per heavy atom. The lowest BCUT2D eigenvalue weighted by molar-refractivity contribution is -0.268. The molecule has 0 aliphatic rings. The van der Waals surface area contributed by atoms with Crippen LogP contribution in [0, 0.1) is 0 Å². The molecule has 1 heterocycles. The normalized spacial score (nSPS) is 12.8. The molecule has 0 radical (unpaired) electrons. The molecule has 1 rings (SSSR count). The topological polar surface area (TPSA) is 130 Å². The number of hydrogen-bond acceptors (Lipinski definition) is 9. The summed E-state index contributed by atoms with van der Waals surface area (Å²) in [6.45, 7) is 9.19. The summed E-state index contributed by atoms with van der Waals surface area (Å²) in [5.41, 5.74) is 0.336. The maximum Gasteiger partial charge on any atom is 0.369 e. The van der Waals surface area contributed by atoms with Crippen LogP contribution in [0.1, 0.15) is 211 Å². The fraction of sp³-hybridized carbons (Fsp3) is 0.824. The Bertz CT molecular complexity index is 1160. The average molecular weight is 876 g/mol. The number of ether oxygens (including phenoxy) is 6. The second-order valence-corrected chi connectivity index (χ2v) is 16.5. The summed E-state index contributed by atoms with van der Waals surface area (Å²) in [5, 5.41) is 2.75. The molecule has 0 aromatic carbocycles. The lowest BCUT2D eigenvalue weighted by Gasteiger charge is -2.31. The maximum atomic E-state index is 13.4. The highest BCUT2D eigenvalue weighted by atomic mass is 16.7. The van der Waals surface area contributed by atoms with Crippen molar-refractivity contribution < 1.29 is 38.0 Å². The van der Waals surface area contributed by atoms with E-state index < -0.39 is 11.8 Å². The highest BCUT2D eigenvalue weighted by Crippen LogP contribution is 2.20. The summed E-state index contributed by atoms with van der Waals surface area (Å²) in [6.07, 6.45) is 47.1. The third-order valence-corrected chi connectivity index (χ3v) is 10.9. The number of unbranched alkanes of at least 4 members (excludes halogenated alkanes) is 24. The number of aromatic nitrogens is 2. The van der Waals surface area contributed by atoms with Gasteiger partial charge in [-0.05, 0) is 71.1 Å². The standard InChI is InChI=1S/C51H93N3O8/c1-4-7-9-11-13-15-17-19-21-23-25-27-29-31-33-35-38-59-46-51(50(56)60-6-3,62-44-43-58-42-41-57-40-37-53-49(55)48-45-52-47-54-48)61-39-36-34-32-30-28-26-24-22-20-18-16-14-12-10-8-5-2/h19-22,45,47H,4-18,23-44,46H2,1-3H3,(H,52,54)(H,53,55)/b21-19-,22-20-. The third-order valence-electron chi connectivity index (χ3n) is 10.9. The van der Waals surface area contributed by atoms with E-state index in [0.29, 0.717) is 45.3 Å². The predicted molar refractivity (Wildman–Crippen MR) is 254 cm³/mol. The van der Waals surface area contributed by atoms with Gasteiger partial charge in [0.2, 0.25) is 0 Å². The Balaban J connectivity index is 2.41. The Morgan fingerprint density at radius 3 is 1.50 bits per heavy atom. The highest BCUT2D eigenvalue weighted by molar-refractivity contribution is 5.91. The molecular formula is C51H93N3O8. The van der Waals surface area contributed by atoms with E-state index in [1.54, 1.807) is 13.1 Å². The molecule has 360 valence electrons. The molecule has 1 aromatic rings. The van der Waals surface area contributed by atoms with E-state index in [1.165, 1.54) is 154 Å². The van der Waals surface area contributed by atoms with E-state index in [4.69, 9.17) is 28.4 Å². The van der Waals surface area contributed by atoms with Gasteiger partial charge < -0.3 is 38.7 Å². The first kappa shape index (κ1) is 57.4. The van der Waals surface area contributed by atoms with Gasteiger partial charge >= 0.3 is 5.97 Å². The van der Waals surface area contributed by atoms with E-state index in [2.05, 4.69) is 53.4 Å². The van der Waals surface area contributed by atoms with Crippen molar-refractivity contribution in [2.45, 2.75) is 206 Å². The second kappa shape index (κ2) is 45.0. The number of carbonyl (C=O) groups excluding carboxylic acids is 2. The van der Waals surface area contributed by atoms with Gasteiger partial charge in [0, 0.05) is 19.3 Å². The largest absolute Gasteiger partial charge is 0.462 e. The molecule has 0 aliphatic carbocycles. The molecular weight excluding hydrogens is 783 g/mol. The molecule has 1 atom stereocenters. The minimum Gasteiger partial charge on any atom is -0.462 e. The van der Waals surface area contributed by atoms with Crippen LogP contribution in [0.25, 0.3) is 0 Å². The van der Waals surface area contributed by atoms with Crippen LogP contribution >= 0.6 is 0 Å². The third kappa shape index (κ3) is 34.9. The number of amides is 1. The minimum absolute atomic E-state index is 0.0314. The van der Waals surface area contributed by atoms with Gasteiger partial charge in [0.05, 0.1) is 52.6 Å². The Hall–Kier alpha value is -2.57. The van der Waals surface area contributed by atoms with Crippen LogP contribution in [0.15, 0.2) is 36.8 Å². The van der Waals surface area contributed by atoms with Crippen molar-refractivity contribution in [3.63, 3.8) is 0 Å². The van der Waals surface area contributed by atoms with E-state index in [-0.39, 0.29) is 32.3 Å². The zero-order valence-electron chi connectivity index (χ0n) is 40.0. The molecule has 0 aliphatic heterocycles. The number of H-pyrrole nitrogens is 1. The van der Waals surface area contributed by atoms with Crippen molar-refractivity contribution in [1.82, 2.24) is 15.3 Å². The monoisotopic (exact) mass is 876 g/mol. The zero-order chi connectivity index (χ0) is 44.7. The zero-order valence-corrected chi connectivity index (χ0v) is 40.0. The van der Waals surface area contributed by atoms with Crippen molar-refractivity contribution in [2.75, 3.05) is 66.0 Å². The van der Waals surface area contributed by atoms with Gasteiger partial charge in [0.1, 0.15) is 12.3 Å². The van der Waals surface area contributed by atoms with Crippen molar-refractivity contribution >= 4 is 11.9 Å². The predicted octanol–water partition coefficient (Wildman–Crippen LogP) is 12.6. The molecule has 0 spiro atoms. The number of nitrogens with zero attached hydrogens (tertiary/aromatic N) is 1. The molecule has 11 heteroatoms. The van der Waals surface area contributed by atoms with Crippen LogP contribution in [0.5, 0.6) is 0 Å². The van der Waals surface area contributed by atoms with E-state index >= 15 is 0 Å². The van der Waals surface area contributed by atoms with Gasteiger partial charge in [0.25, 0.3) is 11.7 Å². The van der Waals surface area contributed by atoms with Crippen LogP contribution in [-0.2, 0) is 33.2 Å². The Labute approximate surface area is 379 Å². The van der Waals surface area contributed by atoms with Crippen LogP contribution in [0.2, 0.25) is 0 Å². The van der Waals surface area contributed by atoms with Crippen molar-refractivity contribution in [3.05, 3.63) is 42.5 Å². The van der Waals surface area contributed by atoms with Gasteiger partial charge in [0.15, 0.2) is 0 Å². The highest BCUT2D eigenvalue weighted by Gasteiger charge is 2.43. The van der Waals surface area contributed by atoms with Gasteiger partial charge in [-0.15, -0.1) is 0 Å². The number of aromatic amines is 1. The van der Waals surface area contributed by atoms with Crippen LogP contribution in [0.3, 0.4) is 0 Å². The smallest absolute Gasteiger partial charge is 0.369 e. The summed E-state index contributed by atoms with van der Waals surface area (Å²) in [6, 6.07) is 0. The molecule has 2 N–H and O–H groups in total. The first-order valence-corrected chi connectivity index (χ1v) is 25.3. The molecule has 62 heavy (non-hydrogen) atoms. The Kier molecular flexibility index (Phi) is 41.7. The Morgan fingerprint density at radius 2 is 1.00 bits per heavy atom. The molecule has 1 amide bonds. The fourth-order valence-electron chi connectivity index (χ4n) is 7.09. The van der Waals surface area contributed by atoms with Gasteiger partial charge in [-0.25, -0.2) is 9.78 Å². The number of carbonyl (C=O) groups is 2. The van der Waals surface area contributed by atoms with Crippen LogP contribution < -0.4 is 5.32 Å². The number of imidazole rings is 1. The minimum atomic E-state index is -1.65. The summed E-state index contributed by atoms with van der Waals surface area (Å²) in [7, 11) is 0. The van der Waals surface area contributed by atoms with E-state index in [9.17, 15) is 9.59 Å². The van der Waals surface area contributed by atoms with Crippen molar-refractivity contribution in [2.24, 2.45) is 0 Å². The first-order valence-electron chi connectivity index (χ1n) is 25.3. The summed E-state index contributed by atoms with van der Waals surface area (Å²) in [5.74, 6) is -2.46. The molecule has 0 saturated heterocycles. The molecule has 0 fully saturated rings.